The second kappa shape index (κ2) is 5.85. The summed E-state index contributed by atoms with van der Waals surface area (Å²) in [7, 11) is 0. The fourth-order valence-corrected chi connectivity index (χ4v) is 3.13. The maximum Gasteiger partial charge on any atom is 0.0964 e. The maximum absolute atomic E-state index is 10.5. The Morgan fingerprint density at radius 1 is 1.28 bits per heavy atom. The minimum Gasteiger partial charge on any atom is -0.387 e. The van der Waals surface area contributed by atoms with Gasteiger partial charge in [0.2, 0.25) is 0 Å². The van der Waals surface area contributed by atoms with Crippen molar-refractivity contribution in [2.24, 2.45) is 5.73 Å². The van der Waals surface area contributed by atoms with Gasteiger partial charge in [-0.3, -0.25) is 0 Å². The third kappa shape index (κ3) is 2.75. The van der Waals surface area contributed by atoms with Crippen molar-refractivity contribution in [3.63, 3.8) is 0 Å². The number of aliphatic hydroxyl groups is 1. The molecule has 1 heterocycles. The summed E-state index contributed by atoms with van der Waals surface area (Å²) in [6, 6.07) is 9.51. The first kappa shape index (κ1) is 13.6. The van der Waals surface area contributed by atoms with E-state index in [0.717, 1.165) is 16.0 Å². The van der Waals surface area contributed by atoms with Crippen LogP contribution in [0.5, 0.6) is 0 Å². The summed E-state index contributed by atoms with van der Waals surface area (Å²) in [5.41, 5.74) is 7.94. The van der Waals surface area contributed by atoms with Gasteiger partial charge in [-0.1, -0.05) is 23.7 Å². The Morgan fingerprint density at radius 2 is 1.94 bits per heavy atom. The summed E-state index contributed by atoms with van der Waals surface area (Å²) < 4.78 is 0. The summed E-state index contributed by atoms with van der Waals surface area (Å²) in [5.74, 6) is -0.0976. The molecule has 2 nitrogen and oxygen atoms in total. The molecule has 96 valence electrons. The van der Waals surface area contributed by atoms with Gasteiger partial charge in [0.25, 0.3) is 0 Å². The topological polar surface area (TPSA) is 46.2 Å². The summed E-state index contributed by atoms with van der Waals surface area (Å²) in [5, 5.41) is 13.2. The molecule has 2 rings (SSSR count). The van der Waals surface area contributed by atoms with E-state index in [4.69, 9.17) is 17.3 Å². The van der Waals surface area contributed by atoms with Crippen LogP contribution in [0, 0.1) is 6.92 Å². The average Bonchev–Trinajstić information content (AvgIpc) is 2.78. The smallest absolute Gasteiger partial charge is 0.0964 e. The number of rotatable bonds is 4. The summed E-state index contributed by atoms with van der Waals surface area (Å²) in [6.45, 7) is 2.41. The molecule has 2 aromatic rings. The van der Waals surface area contributed by atoms with Gasteiger partial charge in [0.1, 0.15) is 0 Å². The first-order chi connectivity index (χ1) is 8.63. The largest absolute Gasteiger partial charge is 0.387 e. The van der Waals surface area contributed by atoms with Gasteiger partial charge < -0.3 is 10.8 Å². The minimum atomic E-state index is -0.559. The van der Waals surface area contributed by atoms with E-state index in [-0.39, 0.29) is 5.92 Å². The third-order valence-electron chi connectivity index (χ3n) is 3.10. The Kier molecular flexibility index (Phi) is 4.40. The van der Waals surface area contributed by atoms with Gasteiger partial charge in [0.15, 0.2) is 0 Å². The van der Waals surface area contributed by atoms with Crippen molar-refractivity contribution in [2.75, 3.05) is 6.54 Å². The van der Waals surface area contributed by atoms with Crippen molar-refractivity contribution in [3.8, 4) is 0 Å². The molecule has 2 unspecified atom stereocenters. The lowest BCUT2D eigenvalue weighted by Crippen LogP contribution is -2.20. The second-order valence-corrected chi connectivity index (χ2v) is 5.69. The van der Waals surface area contributed by atoms with Crippen molar-refractivity contribution in [3.05, 3.63) is 56.7 Å². The molecule has 4 heteroatoms. The molecule has 2 atom stereocenters. The SMILES string of the molecule is Cc1ccsc1C(O)C(CN)c1ccc(Cl)cc1. The predicted molar refractivity (Wildman–Crippen MR) is 77.3 cm³/mol. The van der Waals surface area contributed by atoms with Gasteiger partial charge in [0, 0.05) is 22.4 Å². The Bertz CT molecular complexity index is 509. The van der Waals surface area contributed by atoms with Crippen LogP contribution in [0.4, 0.5) is 0 Å². The van der Waals surface area contributed by atoms with Crippen LogP contribution >= 0.6 is 22.9 Å². The van der Waals surface area contributed by atoms with Crippen LogP contribution in [0.15, 0.2) is 35.7 Å². The van der Waals surface area contributed by atoms with E-state index in [1.54, 1.807) is 11.3 Å². The third-order valence-corrected chi connectivity index (χ3v) is 4.45. The molecule has 0 amide bonds. The molecule has 0 radical (unpaired) electrons. The number of hydrogen-bond donors (Lipinski definition) is 2. The van der Waals surface area contributed by atoms with Crippen LogP contribution in [-0.2, 0) is 0 Å². The zero-order valence-corrected chi connectivity index (χ0v) is 11.7. The number of nitrogens with two attached hydrogens (primary N) is 1. The highest BCUT2D eigenvalue weighted by Gasteiger charge is 2.23. The van der Waals surface area contributed by atoms with Gasteiger partial charge in [-0.25, -0.2) is 0 Å². The van der Waals surface area contributed by atoms with E-state index in [1.807, 2.05) is 42.6 Å². The average molecular weight is 282 g/mol. The zero-order chi connectivity index (χ0) is 13.1. The molecule has 0 aliphatic carbocycles. The molecular weight excluding hydrogens is 266 g/mol. The van der Waals surface area contributed by atoms with E-state index in [1.165, 1.54) is 0 Å². The van der Waals surface area contributed by atoms with Crippen molar-refractivity contribution >= 4 is 22.9 Å². The van der Waals surface area contributed by atoms with E-state index in [0.29, 0.717) is 11.6 Å². The van der Waals surface area contributed by atoms with Crippen LogP contribution in [0.2, 0.25) is 5.02 Å². The molecule has 0 aliphatic rings. The van der Waals surface area contributed by atoms with Crippen molar-refractivity contribution in [1.29, 1.82) is 0 Å². The molecule has 0 spiro atoms. The lowest BCUT2D eigenvalue weighted by atomic mass is 9.91. The van der Waals surface area contributed by atoms with Crippen molar-refractivity contribution in [2.45, 2.75) is 18.9 Å². The highest BCUT2D eigenvalue weighted by atomic mass is 35.5. The number of benzene rings is 1. The molecule has 1 aromatic carbocycles. The van der Waals surface area contributed by atoms with Crippen LogP contribution in [0.25, 0.3) is 0 Å². The maximum atomic E-state index is 10.5. The van der Waals surface area contributed by atoms with E-state index in [2.05, 4.69) is 0 Å². The van der Waals surface area contributed by atoms with E-state index < -0.39 is 6.10 Å². The van der Waals surface area contributed by atoms with Crippen LogP contribution in [-0.4, -0.2) is 11.7 Å². The summed E-state index contributed by atoms with van der Waals surface area (Å²) in [6.07, 6.45) is -0.559. The van der Waals surface area contributed by atoms with Crippen LogP contribution in [0.3, 0.4) is 0 Å². The zero-order valence-electron chi connectivity index (χ0n) is 10.1. The molecule has 1 aromatic heterocycles. The van der Waals surface area contributed by atoms with Crippen molar-refractivity contribution < 1.29 is 5.11 Å². The fraction of sp³-hybridized carbons (Fsp3) is 0.286. The predicted octanol–water partition coefficient (Wildman–Crippen LogP) is 3.49. The fourth-order valence-electron chi connectivity index (χ4n) is 2.03. The Labute approximate surface area is 116 Å². The first-order valence-corrected chi connectivity index (χ1v) is 7.07. The van der Waals surface area contributed by atoms with Crippen molar-refractivity contribution in [1.82, 2.24) is 0 Å². The minimum absolute atomic E-state index is 0.0976. The number of aryl methyl sites for hydroxylation is 1. The molecule has 0 saturated heterocycles. The lowest BCUT2D eigenvalue weighted by Gasteiger charge is -2.21. The number of thiophene rings is 1. The van der Waals surface area contributed by atoms with Gasteiger partial charge in [-0.2, -0.15) is 0 Å². The van der Waals surface area contributed by atoms with Gasteiger partial charge >= 0.3 is 0 Å². The highest BCUT2D eigenvalue weighted by Crippen LogP contribution is 2.35. The standard InChI is InChI=1S/C14H16ClNOS/c1-9-6-7-18-14(9)13(17)12(8-16)10-2-4-11(15)5-3-10/h2-7,12-13,17H,8,16H2,1H3. The molecule has 0 aliphatic heterocycles. The molecule has 18 heavy (non-hydrogen) atoms. The normalized spacial score (nSPS) is 14.4. The molecule has 0 fully saturated rings. The van der Waals surface area contributed by atoms with E-state index >= 15 is 0 Å². The summed E-state index contributed by atoms with van der Waals surface area (Å²) >= 11 is 7.44. The highest BCUT2D eigenvalue weighted by molar-refractivity contribution is 7.10. The second-order valence-electron chi connectivity index (χ2n) is 4.31. The van der Waals surface area contributed by atoms with Gasteiger partial charge in [-0.15, -0.1) is 11.3 Å². The van der Waals surface area contributed by atoms with Gasteiger partial charge in [0.05, 0.1) is 6.10 Å². The number of aliphatic hydroxyl groups excluding tert-OH is 1. The molecule has 0 bridgehead atoms. The van der Waals surface area contributed by atoms with E-state index in [9.17, 15) is 5.11 Å². The molecule has 0 saturated carbocycles. The first-order valence-electron chi connectivity index (χ1n) is 5.81. The van der Waals surface area contributed by atoms with Crippen LogP contribution in [0.1, 0.15) is 28.0 Å². The summed E-state index contributed by atoms with van der Waals surface area (Å²) in [4.78, 5) is 0.986. The Morgan fingerprint density at radius 3 is 2.44 bits per heavy atom. The Balaban J connectivity index is 2.28. The van der Waals surface area contributed by atoms with Crippen LogP contribution < -0.4 is 5.73 Å². The quantitative estimate of drug-likeness (QED) is 0.901. The lowest BCUT2D eigenvalue weighted by molar-refractivity contribution is 0.150. The number of hydrogen-bond acceptors (Lipinski definition) is 3. The molecule has 3 N–H and O–H groups in total. The Hall–Kier alpha value is -0.870. The van der Waals surface area contributed by atoms with Gasteiger partial charge in [-0.05, 0) is 41.6 Å². The monoisotopic (exact) mass is 281 g/mol. The molecular formula is C14H16ClNOS. The number of halogens is 1.